The van der Waals surface area contributed by atoms with Gasteiger partial charge in [-0.1, -0.05) is 36.0 Å². The van der Waals surface area contributed by atoms with Gasteiger partial charge >= 0.3 is 0 Å². The number of allylic oxidation sites excluding steroid dienone is 2. The monoisotopic (exact) mass is 466 g/mol. The van der Waals surface area contributed by atoms with Crippen LogP contribution in [0.3, 0.4) is 0 Å². The first kappa shape index (κ1) is 20.8. The molecule has 0 unspecified atom stereocenters. The number of carbonyl (C=O) groups is 1. The molecule has 9 heteroatoms. The number of amides is 1. The van der Waals surface area contributed by atoms with Crippen LogP contribution in [0.4, 0.5) is 11.4 Å². The van der Waals surface area contributed by atoms with Gasteiger partial charge in [-0.05, 0) is 42.8 Å². The Labute approximate surface area is 191 Å². The Morgan fingerprint density at radius 3 is 2.47 bits per heavy atom. The van der Waals surface area contributed by atoms with E-state index in [0.717, 1.165) is 13.0 Å². The third kappa shape index (κ3) is 4.05. The Balaban J connectivity index is 1.26. The lowest BCUT2D eigenvalue weighted by Gasteiger charge is -2.32. The standard InChI is InChI=1S/C23H22N4O3S2/c28-23(17-7-5-13-26-15-16-32(29,30)25-22(17)26)24-12-6-14-27-18-8-1-3-10-20(18)31-21-11-4-2-9-19(21)27/h1-5,7-11,13H,6,12,14-16H2,(H,24,28). The molecule has 164 valence electrons. The van der Waals surface area contributed by atoms with Crippen LogP contribution in [0.15, 0.2) is 86.6 Å². The number of rotatable bonds is 5. The van der Waals surface area contributed by atoms with Crippen molar-refractivity contribution in [3.05, 3.63) is 72.5 Å². The first-order valence-corrected chi connectivity index (χ1v) is 12.8. The zero-order valence-electron chi connectivity index (χ0n) is 17.3. The number of hydrogen-bond acceptors (Lipinski definition) is 6. The van der Waals surface area contributed by atoms with Crippen LogP contribution in [-0.4, -0.2) is 50.4 Å². The number of carbonyl (C=O) groups excluding carboxylic acids is 1. The smallest absolute Gasteiger partial charge is 0.256 e. The van der Waals surface area contributed by atoms with E-state index in [1.165, 1.54) is 21.2 Å². The van der Waals surface area contributed by atoms with Gasteiger partial charge in [0, 0.05) is 35.6 Å². The van der Waals surface area contributed by atoms with Crippen molar-refractivity contribution in [2.45, 2.75) is 16.2 Å². The molecule has 1 amide bonds. The van der Waals surface area contributed by atoms with E-state index >= 15 is 0 Å². The van der Waals surface area contributed by atoms with Crippen molar-refractivity contribution < 1.29 is 13.2 Å². The van der Waals surface area contributed by atoms with E-state index in [0.29, 0.717) is 13.1 Å². The van der Waals surface area contributed by atoms with Gasteiger partial charge in [-0.2, -0.15) is 0 Å². The SMILES string of the molecule is O=C(NCCCN1c2ccccc2Sc2ccccc21)C1=CC=CN2CCS(=O)(=O)N=C12. The zero-order valence-corrected chi connectivity index (χ0v) is 18.9. The highest BCUT2D eigenvalue weighted by atomic mass is 32.2. The highest BCUT2D eigenvalue weighted by molar-refractivity contribution is 7.99. The van der Waals surface area contributed by atoms with Crippen molar-refractivity contribution in [1.82, 2.24) is 10.2 Å². The van der Waals surface area contributed by atoms with E-state index in [1.54, 1.807) is 35.0 Å². The normalized spacial score (nSPS) is 18.1. The average molecular weight is 467 g/mol. The van der Waals surface area contributed by atoms with Crippen molar-refractivity contribution in [2.75, 3.05) is 30.3 Å². The van der Waals surface area contributed by atoms with Crippen LogP contribution in [0.2, 0.25) is 0 Å². The lowest BCUT2D eigenvalue weighted by atomic mass is 10.1. The minimum atomic E-state index is -3.53. The molecule has 0 atom stereocenters. The Morgan fingerprint density at radius 2 is 1.75 bits per heavy atom. The molecule has 1 N–H and O–H groups in total. The van der Waals surface area contributed by atoms with Gasteiger partial charge in [0.05, 0.1) is 22.7 Å². The van der Waals surface area contributed by atoms with Crippen molar-refractivity contribution in [3.8, 4) is 0 Å². The summed E-state index contributed by atoms with van der Waals surface area (Å²) in [5, 5.41) is 2.92. The molecule has 3 aliphatic rings. The molecule has 0 bridgehead atoms. The summed E-state index contributed by atoms with van der Waals surface area (Å²) >= 11 is 1.77. The van der Waals surface area contributed by atoms with Gasteiger partial charge in [0.1, 0.15) is 0 Å². The number of anilines is 2. The van der Waals surface area contributed by atoms with E-state index in [-0.39, 0.29) is 23.1 Å². The van der Waals surface area contributed by atoms with Crippen molar-refractivity contribution in [1.29, 1.82) is 0 Å². The molecule has 5 rings (SSSR count). The van der Waals surface area contributed by atoms with Gasteiger partial charge < -0.3 is 15.1 Å². The Hall–Kier alpha value is -3.04. The summed E-state index contributed by atoms with van der Waals surface area (Å²) in [6, 6.07) is 16.6. The van der Waals surface area contributed by atoms with Crippen LogP contribution >= 0.6 is 11.8 Å². The largest absolute Gasteiger partial charge is 0.352 e. The third-order valence-electron chi connectivity index (χ3n) is 5.48. The highest BCUT2D eigenvalue weighted by Gasteiger charge is 2.30. The fourth-order valence-electron chi connectivity index (χ4n) is 3.95. The van der Waals surface area contributed by atoms with Gasteiger partial charge in [-0.25, -0.2) is 8.42 Å². The van der Waals surface area contributed by atoms with E-state index < -0.39 is 10.0 Å². The summed E-state index contributed by atoms with van der Waals surface area (Å²) in [6.45, 7) is 1.51. The van der Waals surface area contributed by atoms with Crippen LogP contribution in [0.1, 0.15) is 6.42 Å². The Bertz CT molecular complexity index is 1220. The number of nitrogens with zero attached hydrogens (tertiary/aromatic N) is 3. The van der Waals surface area contributed by atoms with Gasteiger partial charge in [-0.3, -0.25) is 4.79 Å². The molecule has 3 aliphatic heterocycles. The maximum atomic E-state index is 12.8. The Kier molecular flexibility index (Phi) is 5.52. The number of fused-ring (bicyclic) bond motifs is 3. The van der Waals surface area contributed by atoms with Gasteiger partial charge in [0.15, 0.2) is 5.84 Å². The molecule has 2 aromatic rings. The first-order valence-electron chi connectivity index (χ1n) is 10.4. The van der Waals surface area contributed by atoms with Gasteiger partial charge in [-0.15, -0.1) is 4.40 Å². The number of sulfonamides is 1. The Morgan fingerprint density at radius 1 is 1.06 bits per heavy atom. The second kappa shape index (κ2) is 8.48. The van der Waals surface area contributed by atoms with Crippen molar-refractivity contribution >= 4 is 44.9 Å². The number of benzene rings is 2. The second-order valence-electron chi connectivity index (χ2n) is 7.61. The molecule has 2 aromatic carbocycles. The third-order valence-corrected chi connectivity index (χ3v) is 7.76. The number of hydrogen-bond donors (Lipinski definition) is 1. The number of nitrogens with one attached hydrogen (secondary N) is 1. The molecular formula is C23H22N4O3S2. The van der Waals surface area contributed by atoms with Gasteiger partial charge in [0.2, 0.25) is 0 Å². The number of para-hydroxylation sites is 2. The molecule has 0 aliphatic carbocycles. The molecule has 3 heterocycles. The van der Waals surface area contributed by atoms with Crippen molar-refractivity contribution in [3.63, 3.8) is 0 Å². The predicted molar refractivity (Wildman–Crippen MR) is 127 cm³/mol. The molecule has 7 nitrogen and oxygen atoms in total. The predicted octanol–water partition coefficient (Wildman–Crippen LogP) is 3.29. The fraction of sp³-hybridized carbons (Fsp3) is 0.217. The van der Waals surface area contributed by atoms with Crippen LogP contribution in [0, 0.1) is 0 Å². The van der Waals surface area contributed by atoms with Crippen molar-refractivity contribution in [2.24, 2.45) is 4.40 Å². The maximum Gasteiger partial charge on any atom is 0.256 e. The summed E-state index contributed by atoms with van der Waals surface area (Å²) in [5.74, 6) is -0.162. The van der Waals surface area contributed by atoms with Crippen LogP contribution in [0.5, 0.6) is 0 Å². The summed E-state index contributed by atoms with van der Waals surface area (Å²) < 4.78 is 27.6. The molecule has 0 radical (unpaired) electrons. The van der Waals surface area contributed by atoms with Crippen LogP contribution in [-0.2, 0) is 14.8 Å². The van der Waals surface area contributed by atoms with Crippen LogP contribution in [0.25, 0.3) is 0 Å². The quantitative estimate of drug-likeness (QED) is 0.681. The molecular weight excluding hydrogens is 444 g/mol. The lowest BCUT2D eigenvalue weighted by molar-refractivity contribution is -0.117. The van der Waals surface area contributed by atoms with E-state index in [4.69, 9.17) is 0 Å². The molecule has 0 spiro atoms. The topological polar surface area (TPSA) is 82.1 Å². The van der Waals surface area contributed by atoms with E-state index in [2.05, 4.69) is 38.9 Å². The summed E-state index contributed by atoms with van der Waals surface area (Å²) in [5.41, 5.74) is 2.61. The first-order chi connectivity index (χ1) is 15.5. The molecule has 32 heavy (non-hydrogen) atoms. The summed E-state index contributed by atoms with van der Waals surface area (Å²) in [4.78, 5) is 19.2. The minimum absolute atomic E-state index is 0.0488. The number of amidine groups is 1. The highest BCUT2D eigenvalue weighted by Crippen LogP contribution is 2.47. The molecule has 0 saturated heterocycles. The maximum absolute atomic E-state index is 12.8. The molecule has 0 aromatic heterocycles. The van der Waals surface area contributed by atoms with Crippen LogP contribution < -0.4 is 10.2 Å². The van der Waals surface area contributed by atoms with E-state index in [1.807, 2.05) is 24.3 Å². The zero-order chi connectivity index (χ0) is 22.1. The average Bonchev–Trinajstić information content (AvgIpc) is 2.80. The lowest BCUT2D eigenvalue weighted by Crippen LogP contribution is -2.42. The second-order valence-corrected chi connectivity index (χ2v) is 10.5. The fourth-order valence-corrected chi connectivity index (χ4v) is 6.03. The van der Waals surface area contributed by atoms with E-state index in [9.17, 15) is 13.2 Å². The molecule has 0 fully saturated rings. The summed E-state index contributed by atoms with van der Waals surface area (Å²) in [6.07, 6.45) is 5.83. The van der Waals surface area contributed by atoms with Gasteiger partial charge in [0.25, 0.3) is 15.9 Å². The summed E-state index contributed by atoms with van der Waals surface area (Å²) in [7, 11) is -3.53. The molecule has 0 saturated carbocycles. The minimum Gasteiger partial charge on any atom is -0.352 e.